The number of esters is 1. The van der Waals surface area contributed by atoms with Crippen molar-refractivity contribution in [1.29, 1.82) is 0 Å². The van der Waals surface area contributed by atoms with Gasteiger partial charge < -0.3 is 24.4 Å². The van der Waals surface area contributed by atoms with Crippen LogP contribution in [0.1, 0.15) is 45.6 Å². The van der Waals surface area contributed by atoms with Crippen LogP contribution in [0.3, 0.4) is 0 Å². The molecular formula is C24H29N3O4S2. The molecule has 0 saturated carbocycles. The predicted molar refractivity (Wildman–Crippen MR) is 133 cm³/mol. The summed E-state index contributed by atoms with van der Waals surface area (Å²) < 4.78 is 16.0. The second-order valence-electron chi connectivity index (χ2n) is 8.64. The van der Waals surface area contributed by atoms with Crippen molar-refractivity contribution >= 4 is 39.6 Å². The summed E-state index contributed by atoms with van der Waals surface area (Å²) in [5.41, 5.74) is 3.06. The number of aryl methyl sites for hydroxylation is 1. The Morgan fingerprint density at radius 3 is 2.73 bits per heavy atom. The van der Waals surface area contributed by atoms with Crippen molar-refractivity contribution in [3.05, 3.63) is 39.8 Å². The molecule has 1 aromatic heterocycles. The Balaban J connectivity index is 1.21. The van der Waals surface area contributed by atoms with Crippen molar-refractivity contribution in [3.63, 3.8) is 0 Å². The van der Waals surface area contributed by atoms with E-state index in [0.29, 0.717) is 17.5 Å². The van der Waals surface area contributed by atoms with E-state index in [1.165, 1.54) is 30.4 Å². The molecular weight excluding hydrogens is 458 g/mol. The van der Waals surface area contributed by atoms with Gasteiger partial charge in [0, 0.05) is 37.6 Å². The van der Waals surface area contributed by atoms with Crippen LogP contribution in [0.25, 0.3) is 0 Å². The van der Waals surface area contributed by atoms with Crippen molar-refractivity contribution < 1.29 is 19.0 Å². The monoisotopic (exact) mass is 487 g/mol. The highest BCUT2D eigenvalue weighted by atomic mass is 32.1. The molecule has 3 aliphatic rings. The number of methoxy groups -OCH3 is 1. The van der Waals surface area contributed by atoms with Gasteiger partial charge in [0.2, 0.25) is 6.79 Å². The molecule has 1 aliphatic carbocycles. The minimum absolute atomic E-state index is 0.270. The number of ether oxygens (including phenoxy) is 3. The Kier molecular flexibility index (Phi) is 6.71. The first-order valence-corrected chi connectivity index (χ1v) is 12.7. The average molecular weight is 488 g/mol. The molecule has 1 saturated heterocycles. The van der Waals surface area contributed by atoms with Crippen molar-refractivity contribution in [2.75, 3.05) is 45.4 Å². The van der Waals surface area contributed by atoms with Crippen LogP contribution in [-0.2, 0) is 24.1 Å². The standard InChI is InChI=1S/C24H29N3O4S2/c1-29-23(28)21-17-5-3-2-4-6-20(17)33-22(21)25-24(32)27-11-9-26(10-12-27)14-16-7-8-18-19(13-16)31-15-30-18/h7-8,13H,2-6,9-12,14-15H2,1H3,(H,25,32). The van der Waals surface area contributed by atoms with Crippen molar-refractivity contribution in [3.8, 4) is 11.5 Å². The fraction of sp³-hybridized carbons (Fsp3) is 0.500. The number of hydrogen-bond donors (Lipinski definition) is 1. The molecule has 7 nitrogen and oxygen atoms in total. The average Bonchev–Trinajstić information content (AvgIpc) is 3.36. The van der Waals surface area contributed by atoms with Gasteiger partial charge in [-0.25, -0.2) is 4.79 Å². The number of rotatable bonds is 4. The molecule has 5 rings (SSSR count). The molecule has 0 radical (unpaired) electrons. The van der Waals surface area contributed by atoms with E-state index in [1.807, 2.05) is 6.07 Å². The summed E-state index contributed by atoms with van der Waals surface area (Å²) in [6.07, 6.45) is 5.45. The molecule has 1 aromatic carbocycles. The Morgan fingerprint density at radius 2 is 1.91 bits per heavy atom. The number of benzene rings is 1. The Morgan fingerprint density at radius 1 is 1.12 bits per heavy atom. The maximum atomic E-state index is 12.6. The summed E-state index contributed by atoms with van der Waals surface area (Å²) in [5, 5.41) is 4.91. The summed E-state index contributed by atoms with van der Waals surface area (Å²) in [6.45, 7) is 4.69. The maximum Gasteiger partial charge on any atom is 0.341 e. The molecule has 9 heteroatoms. The molecule has 3 heterocycles. The minimum Gasteiger partial charge on any atom is -0.465 e. The number of anilines is 1. The zero-order chi connectivity index (χ0) is 22.8. The van der Waals surface area contributed by atoms with Gasteiger partial charge in [-0.1, -0.05) is 12.5 Å². The molecule has 0 spiro atoms. The lowest BCUT2D eigenvalue weighted by Gasteiger charge is -2.36. The van der Waals surface area contributed by atoms with Crippen LogP contribution in [0.2, 0.25) is 0 Å². The Hall–Kier alpha value is -2.36. The van der Waals surface area contributed by atoms with Crippen LogP contribution >= 0.6 is 23.6 Å². The van der Waals surface area contributed by atoms with Gasteiger partial charge >= 0.3 is 5.97 Å². The number of carbonyl (C=O) groups excluding carboxylic acids is 1. The number of nitrogens with zero attached hydrogens (tertiary/aromatic N) is 2. The van der Waals surface area contributed by atoms with Gasteiger partial charge in [0.05, 0.1) is 12.7 Å². The summed E-state index contributed by atoms with van der Waals surface area (Å²) in [7, 11) is 1.45. The molecule has 2 aromatic rings. The summed E-state index contributed by atoms with van der Waals surface area (Å²) in [4.78, 5) is 18.5. The van der Waals surface area contributed by atoms with Gasteiger partial charge in [-0.15, -0.1) is 11.3 Å². The van der Waals surface area contributed by atoms with Crippen molar-refractivity contribution in [1.82, 2.24) is 9.80 Å². The third-order valence-corrected chi connectivity index (χ3v) is 8.10. The number of fused-ring (bicyclic) bond motifs is 2. The zero-order valence-electron chi connectivity index (χ0n) is 18.9. The minimum atomic E-state index is -0.270. The van der Waals surface area contributed by atoms with Gasteiger partial charge in [-0.3, -0.25) is 4.90 Å². The van der Waals surface area contributed by atoms with Crippen LogP contribution in [0, 0.1) is 0 Å². The first-order chi connectivity index (χ1) is 16.1. The van der Waals surface area contributed by atoms with E-state index in [1.54, 1.807) is 11.3 Å². The quantitative estimate of drug-likeness (QED) is 0.394. The fourth-order valence-electron chi connectivity index (χ4n) is 4.73. The Bertz CT molecular complexity index is 1050. The van der Waals surface area contributed by atoms with Gasteiger partial charge in [0.25, 0.3) is 0 Å². The van der Waals surface area contributed by atoms with E-state index < -0.39 is 0 Å². The van der Waals surface area contributed by atoms with Crippen LogP contribution in [0.4, 0.5) is 5.00 Å². The number of piperazine rings is 1. The lowest BCUT2D eigenvalue weighted by Crippen LogP contribution is -2.49. The molecule has 1 fully saturated rings. The lowest BCUT2D eigenvalue weighted by molar-refractivity contribution is 0.0601. The molecule has 33 heavy (non-hydrogen) atoms. The summed E-state index contributed by atoms with van der Waals surface area (Å²) in [6, 6.07) is 6.14. The van der Waals surface area contributed by atoms with Gasteiger partial charge in [0.15, 0.2) is 16.6 Å². The second kappa shape index (κ2) is 9.87. The Labute approximate surface area is 203 Å². The molecule has 0 bridgehead atoms. The second-order valence-corrected chi connectivity index (χ2v) is 10.1. The zero-order valence-corrected chi connectivity index (χ0v) is 20.5. The number of nitrogens with one attached hydrogen (secondary N) is 1. The van der Waals surface area contributed by atoms with Crippen LogP contribution < -0.4 is 14.8 Å². The molecule has 176 valence electrons. The molecule has 0 amide bonds. The van der Waals surface area contributed by atoms with Crippen LogP contribution in [-0.4, -0.2) is 61.0 Å². The number of thiophene rings is 1. The predicted octanol–water partition coefficient (Wildman–Crippen LogP) is 4.05. The highest BCUT2D eigenvalue weighted by Crippen LogP contribution is 2.38. The van der Waals surface area contributed by atoms with Gasteiger partial charge in [-0.05, 0) is 61.2 Å². The molecule has 0 atom stereocenters. The highest BCUT2D eigenvalue weighted by Gasteiger charge is 2.27. The number of hydrogen-bond acceptors (Lipinski definition) is 7. The van der Waals surface area contributed by atoms with Crippen LogP contribution in [0.15, 0.2) is 18.2 Å². The highest BCUT2D eigenvalue weighted by molar-refractivity contribution is 7.80. The van der Waals surface area contributed by atoms with E-state index >= 15 is 0 Å². The van der Waals surface area contributed by atoms with Gasteiger partial charge in [0.1, 0.15) is 5.00 Å². The summed E-state index contributed by atoms with van der Waals surface area (Å²) >= 11 is 7.41. The first-order valence-electron chi connectivity index (χ1n) is 11.5. The van der Waals surface area contributed by atoms with E-state index in [-0.39, 0.29) is 5.97 Å². The van der Waals surface area contributed by atoms with Crippen molar-refractivity contribution in [2.24, 2.45) is 0 Å². The molecule has 1 N–H and O–H groups in total. The summed E-state index contributed by atoms with van der Waals surface area (Å²) in [5.74, 6) is 1.37. The maximum absolute atomic E-state index is 12.6. The molecule has 2 aliphatic heterocycles. The van der Waals surface area contributed by atoms with E-state index in [9.17, 15) is 4.79 Å². The lowest BCUT2D eigenvalue weighted by atomic mass is 10.1. The topological polar surface area (TPSA) is 63.3 Å². The van der Waals surface area contributed by atoms with E-state index in [0.717, 1.165) is 74.0 Å². The number of carbonyl (C=O) groups is 1. The number of thiocarbonyl (C=S) groups is 1. The molecule has 0 unspecified atom stereocenters. The van der Waals surface area contributed by atoms with Crippen LogP contribution in [0.5, 0.6) is 11.5 Å². The van der Waals surface area contributed by atoms with Gasteiger partial charge in [-0.2, -0.15) is 0 Å². The van der Waals surface area contributed by atoms with Crippen molar-refractivity contribution in [2.45, 2.75) is 38.6 Å². The SMILES string of the molecule is COC(=O)c1c(NC(=S)N2CCN(Cc3ccc4c(c3)OCO4)CC2)sc2c1CCCCC2. The van der Waals surface area contributed by atoms with E-state index in [4.69, 9.17) is 26.4 Å². The normalized spacial score (nSPS) is 17.9. The first kappa shape index (κ1) is 22.4. The third-order valence-electron chi connectivity index (χ3n) is 6.53. The largest absolute Gasteiger partial charge is 0.465 e. The van der Waals surface area contributed by atoms with E-state index in [2.05, 4.69) is 27.2 Å². The third kappa shape index (κ3) is 4.81. The smallest absolute Gasteiger partial charge is 0.341 e. The fourth-order valence-corrected chi connectivity index (χ4v) is 6.36.